The minimum absolute atomic E-state index is 0. The molecule has 4 rings (SSSR count). The van der Waals surface area contributed by atoms with Crippen LogP contribution in [0.3, 0.4) is 0 Å². The van der Waals surface area contributed by atoms with Gasteiger partial charge in [-0.2, -0.15) is 39.0 Å². The first-order chi connectivity index (χ1) is 18.8. The van der Waals surface area contributed by atoms with Crippen molar-refractivity contribution in [3.63, 3.8) is 0 Å². The van der Waals surface area contributed by atoms with Crippen LogP contribution < -0.4 is 35.3 Å². The van der Waals surface area contributed by atoms with Gasteiger partial charge < -0.3 is 24.8 Å². The van der Waals surface area contributed by atoms with Crippen LogP contribution in [0.25, 0.3) is 0 Å². The number of alkyl halides is 6. The smallest absolute Gasteiger partial charge is 0.417 e. The molecule has 0 unspecified atom stereocenters. The molecule has 2 aromatic heterocycles. The van der Waals surface area contributed by atoms with E-state index in [-0.39, 0.29) is 24.8 Å². The zero-order chi connectivity index (χ0) is 29.8. The molecule has 2 aromatic rings. The van der Waals surface area contributed by atoms with Gasteiger partial charge in [-0.25, -0.2) is 4.79 Å². The van der Waals surface area contributed by atoms with Gasteiger partial charge in [-0.1, -0.05) is 38.5 Å². The molecule has 2 fully saturated rings. The van der Waals surface area contributed by atoms with Crippen LogP contribution in [-0.4, -0.2) is 32.3 Å². The van der Waals surface area contributed by atoms with Crippen molar-refractivity contribution in [2.45, 2.75) is 87.1 Å². The molecule has 16 heteroatoms. The highest BCUT2D eigenvalue weighted by molar-refractivity contribution is 7.98. The summed E-state index contributed by atoms with van der Waals surface area (Å²) in [5.41, 5.74) is 0.0244. The van der Waals surface area contributed by atoms with Crippen LogP contribution in [0.4, 0.5) is 26.3 Å². The molecule has 0 atom stereocenters. The number of amides is 2. The van der Waals surface area contributed by atoms with Gasteiger partial charge in [0.25, 0.3) is 5.91 Å². The number of nitrogens with zero attached hydrogens (tertiary/aromatic N) is 2. The van der Waals surface area contributed by atoms with E-state index in [1.807, 2.05) is 0 Å². The SMILES string of the molecule is O=C(NSC1CCCCC1)c1cnccc1C(F)(F)F.SC1CCCCC1.[Cl-].[Cl-].[NH3+]C(=O)c1cnccc1C(F)(F)F. The van der Waals surface area contributed by atoms with Crippen molar-refractivity contribution in [3.05, 3.63) is 59.2 Å². The van der Waals surface area contributed by atoms with Crippen molar-refractivity contribution in [3.8, 4) is 0 Å². The molecule has 6 nitrogen and oxygen atoms in total. The predicted octanol–water partition coefficient (Wildman–Crippen LogP) is 0.551. The van der Waals surface area contributed by atoms with Gasteiger partial charge in [-0.15, -0.1) is 0 Å². The third-order valence-corrected chi connectivity index (χ3v) is 7.87. The van der Waals surface area contributed by atoms with Crippen molar-refractivity contribution in [1.29, 1.82) is 0 Å². The Morgan fingerprint density at radius 2 is 1.21 bits per heavy atom. The maximum absolute atomic E-state index is 12.8. The highest BCUT2D eigenvalue weighted by Crippen LogP contribution is 2.33. The number of hydrogen-bond acceptors (Lipinski definition) is 6. The highest BCUT2D eigenvalue weighted by atomic mass is 35.5. The molecule has 2 heterocycles. The summed E-state index contributed by atoms with van der Waals surface area (Å²) in [6, 6.07) is 1.57. The number of carbonyl (C=O) groups excluding carboxylic acids is 2. The summed E-state index contributed by atoms with van der Waals surface area (Å²) in [4.78, 5) is 29.6. The molecule has 0 saturated heterocycles. The maximum Gasteiger partial charge on any atom is 0.417 e. The zero-order valence-electron chi connectivity index (χ0n) is 22.5. The van der Waals surface area contributed by atoms with E-state index in [2.05, 4.69) is 33.1 Å². The van der Waals surface area contributed by atoms with Crippen LogP contribution in [-0.2, 0) is 12.4 Å². The van der Waals surface area contributed by atoms with E-state index >= 15 is 0 Å². The normalized spacial score (nSPS) is 15.8. The minimum atomic E-state index is -4.55. The summed E-state index contributed by atoms with van der Waals surface area (Å²) in [7, 11) is 0. The van der Waals surface area contributed by atoms with Gasteiger partial charge in [-0.05, 0) is 49.8 Å². The lowest BCUT2D eigenvalue weighted by Crippen LogP contribution is -3.00. The fourth-order valence-electron chi connectivity index (χ4n) is 4.14. The molecule has 238 valence electrons. The number of halogens is 8. The molecular weight excluding hydrogens is 649 g/mol. The first-order valence-corrected chi connectivity index (χ1v) is 14.2. The van der Waals surface area contributed by atoms with E-state index in [0.29, 0.717) is 5.25 Å². The van der Waals surface area contributed by atoms with E-state index in [9.17, 15) is 35.9 Å². The van der Waals surface area contributed by atoms with Crippen LogP contribution in [0.5, 0.6) is 0 Å². The third-order valence-electron chi connectivity index (χ3n) is 6.24. The van der Waals surface area contributed by atoms with Gasteiger partial charge >= 0.3 is 18.3 Å². The Morgan fingerprint density at radius 3 is 1.60 bits per heavy atom. The van der Waals surface area contributed by atoms with E-state index in [1.165, 1.54) is 50.5 Å². The van der Waals surface area contributed by atoms with Crippen molar-refractivity contribution < 1.29 is 66.5 Å². The van der Waals surface area contributed by atoms with E-state index in [1.54, 1.807) is 0 Å². The van der Waals surface area contributed by atoms with E-state index in [4.69, 9.17) is 0 Å². The standard InChI is InChI=1S/C13H15F3N2OS.C7H5F3N2O.C6H12S.2ClH/c14-13(15,16)11-6-7-17-8-10(11)12(19)18-20-9-4-2-1-3-5-9;8-7(9,10)5-1-2-12-3-4(5)6(11)13;7-6-4-2-1-3-5-6;;/h6-9H,1-5H2,(H,18,19);1-3H,(H2,11,13);6-7H,1-5H2;2*1H/p-1. The molecule has 2 saturated carbocycles. The Balaban J connectivity index is 0.000000657. The number of aromatic nitrogens is 2. The Bertz CT molecular complexity index is 1100. The lowest BCUT2D eigenvalue weighted by molar-refractivity contribution is -0.255. The number of carbonyl (C=O) groups is 2. The zero-order valence-corrected chi connectivity index (χ0v) is 25.7. The number of quaternary nitrogens is 1. The number of nitrogens with one attached hydrogen (secondary N) is 1. The van der Waals surface area contributed by atoms with E-state index < -0.39 is 46.4 Å². The van der Waals surface area contributed by atoms with Crippen LogP contribution in [0, 0.1) is 0 Å². The summed E-state index contributed by atoms with van der Waals surface area (Å²) in [5, 5.41) is 1.02. The van der Waals surface area contributed by atoms with Gasteiger partial charge in [0.1, 0.15) is 5.56 Å². The first-order valence-electron chi connectivity index (χ1n) is 12.8. The summed E-state index contributed by atoms with van der Waals surface area (Å²) < 4.78 is 77.5. The largest absolute Gasteiger partial charge is 1.00 e. The predicted molar refractivity (Wildman–Crippen MR) is 143 cm³/mol. The summed E-state index contributed by atoms with van der Waals surface area (Å²) >= 11 is 5.59. The monoisotopic (exact) mass is 681 g/mol. The fraction of sp³-hybridized carbons (Fsp3) is 0.538. The highest BCUT2D eigenvalue weighted by Gasteiger charge is 2.36. The quantitative estimate of drug-likeness (QED) is 0.249. The average Bonchev–Trinajstić information content (AvgIpc) is 2.92. The van der Waals surface area contributed by atoms with Crippen molar-refractivity contribution in [1.82, 2.24) is 14.7 Å². The van der Waals surface area contributed by atoms with Crippen LogP contribution >= 0.6 is 24.6 Å². The molecule has 0 bridgehead atoms. The van der Waals surface area contributed by atoms with Crippen LogP contribution in [0.1, 0.15) is 96.1 Å². The lowest BCUT2D eigenvalue weighted by atomic mass is 10.0. The van der Waals surface area contributed by atoms with Gasteiger partial charge in [0.05, 0.1) is 16.7 Å². The second-order valence-corrected chi connectivity index (χ2v) is 11.2. The number of hydrogen-bond donors (Lipinski definition) is 3. The maximum atomic E-state index is 12.8. The second-order valence-electron chi connectivity index (χ2n) is 9.36. The Hall–Kier alpha value is -1.74. The molecule has 4 N–H and O–H groups in total. The van der Waals surface area contributed by atoms with Gasteiger partial charge in [0.2, 0.25) is 0 Å². The van der Waals surface area contributed by atoms with Crippen LogP contribution in [0.2, 0.25) is 0 Å². The molecule has 42 heavy (non-hydrogen) atoms. The van der Waals surface area contributed by atoms with Crippen molar-refractivity contribution >= 4 is 36.4 Å². The molecule has 2 amide bonds. The summed E-state index contributed by atoms with van der Waals surface area (Å²) in [6.45, 7) is 0. The number of rotatable bonds is 4. The van der Waals surface area contributed by atoms with Crippen LogP contribution in [0.15, 0.2) is 36.9 Å². The van der Waals surface area contributed by atoms with Crippen molar-refractivity contribution in [2.24, 2.45) is 0 Å². The molecule has 0 spiro atoms. The third kappa shape index (κ3) is 14.2. The Kier molecular flexibility index (Phi) is 18.7. The first kappa shape index (κ1) is 40.3. The average molecular weight is 683 g/mol. The molecule has 0 aromatic carbocycles. The topological polar surface area (TPSA) is 99.6 Å². The van der Waals surface area contributed by atoms with Crippen molar-refractivity contribution in [2.75, 3.05) is 0 Å². The number of pyridine rings is 2. The molecule has 0 radical (unpaired) electrons. The van der Waals surface area contributed by atoms with Gasteiger partial charge in [0, 0.05) is 35.3 Å². The van der Waals surface area contributed by atoms with Gasteiger partial charge in [-0.3, -0.25) is 25.2 Å². The summed E-state index contributed by atoms with van der Waals surface area (Å²) in [5.74, 6) is -1.62. The van der Waals surface area contributed by atoms with Gasteiger partial charge in [0.15, 0.2) is 0 Å². The second kappa shape index (κ2) is 19.5. The molecule has 2 aliphatic carbocycles. The Morgan fingerprint density at radius 1 is 0.786 bits per heavy atom. The number of thiol groups is 1. The Labute approximate surface area is 263 Å². The molecule has 0 aliphatic heterocycles. The minimum Gasteiger partial charge on any atom is -1.00 e. The molecule has 2 aliphatic rings. The fourth-order valence-corrected chi connectivity index (χ4v) is 5.46. The summed E-state index contributed by atoms with van der Waals surface area (Å²) in [6.07, 6.45) is 7.09. The molecular formula is C26H33Cl2F6N4O2S2-. The van der Waals surface area contributed by atoms with E-state index in [0.717, 1.165) is 67.9 Å². The lowest BCUT2D eigenvalue weighted by Gasteiger charge is -2.21.